The highest BCUT2D eigenvalue weighted by Gasteiger charge is 2.35. The molecule has 176 valence electrons. The molecule has 0 radical (unpaired) electrons. The van der Waals surface area contributed by atoms with Crippen LogP contribution < -0.4 is 10.6 Å². The van der Waals surface area contributed by atoms with E-state index in [4.69, 9.17) is 6.42 Å². The van der Waals surface area contributed by atoms with Crippen molar-refractivity contribution in [1.82, 2.24) is 9.88 Å². The van der Waals surface area contributed by atoms with Gasteiger partial charge in [0.15, 0.2) is 0 Å². The molecule has 2 rings (SSSR count). The lowest BCUT2D eigenvalue weighted by Crippen LogP contribution is -2.50. The van der Waals surface area contributed by atoms with Gasteiger partial charge in [-0.2, -0.15) is 13.2 Å². The number of carbonyl (C=O) groups is 3. The number of nitrogens with one attached hydrogen (secondary N) is 2. The smallest absolute Gasteiger partial charge is 0.393 e. The summed E-state index contributed by atoms with van der Waals surface area (Å²) in [6.45, 7) is 3.57. The van der Waals surface area contributed by atoms with E-state index in [-0.39, 0.29) is 28.2 Å². The van der Waals surface area contributed by atoms with Crippen LogP contribution in [0.4, 0.5) is 23.2 Å². The van der Waals surface area contributed by atoms with Gasteiger partial charge in [-0.05, 0) is 44.5 Å². The molecule has 1 atom stereocenters. The molecule has 0 spiro atoms. The van der Waals surface area contributed by atoms with Crippen molar-refractivity contribution in [2.45, 2.75) is 32.5 Å². The molecule has 1 unspecified atom stereocenters. The summed E-state index contributed by atoms with van der Waals surface area (Å²) in [6, 6.07) is 1.99. The van der Waals surface area contributed by atoms with Gasteiger partial charge in [0.1, 0.15) is 17.1 Å². The molecule has 0 saturated carbocycles. The van der Waals surface area contributed by atoms with Crippen LogP contribution in [0.5, 0.6) is 0 Å². The van der Waals surface area contributed by atoms with Crippen molar-refractivity contribution in [2.24, 2.45) is 7.05 Å². The highest BCUT2D eigenvalue weighted by molar-refractivity contribution is 6.43. The van der Waals surface area contributed by atoms with Crippen molar-refractivity contribution in [3.8, 4) is 12.3 Å². The van der Waals surface area contributed by atoms with Gasteiger partial charge in [0.05, 0.1) is 17.7 Å². The number of benzene rings is 1. The number of ketones is 1. The molecule has 33 heavy (non-hydrogen) atoms. The Hall–Kier alpha value is -3.65. The second-order valence-electron chi connectivity index (χ2n) is 7.56. The first-order chi connectivity index (χ1) is 15.2. The summed E-state index contributed by atoms with van der Waals surface area (Å²) in [5, 5.41) is 13.8. The van der Waals surface area contributed by atoms with E-state index in [9.17, 15) is 37.1 Å². The van der Waals surface area contributed by atoms with Crippen molar-refractivity contribution in [3.05, 3.63) is 52.1 Å². The average Bonchev–Trinajstić information content (AvgIpc) is 2.96. The molecule has 0 fully saturated rings. The van der Waals surface area contributed by atoms with Crippen LogP contribution in [0.15, 0.2) is 18.2 Å². The zero-order chi connectivity index (χ0) is 25.3. The van der Waals surface area contributed by atoms with Gasteiger partial charge in [-0.3, -0.25) is 14.4 Å². The maximum Gasteiger partial charge on any atom is 0.419 e. The summed E-state index contributed by atoms with van der Waals surface area (Å²) in [5.74, 6) is -2.33. The minimum atomic E-state index is -4.96. The topological polar surface area (TPSA) is 100 Å². The van der Waals surface area contributed by atoms with Crippen molar-refractivity contribution in [3.63, 3.8) is 0 Å². The number of terminal acetylenes is 1. The van der Waals surface area contributed by atoms with Crippen LogP contribution in [0.25, 0.3) is 0 Å². The first-order valence-corrected chi connectivity index (χ1v) is 9.46. The largest absolute Gasteiger partial charge is 0.419 e. The van der Waals surface area contributed by atoms with Crippen LogP contribution in [0.1, 0.15) is 44.6 Å². The highest BCUT2D eigenvalue weighted by Crippen LogP contribution is 2.33. The lowest BCUT2D eigenvalue weighted by molar-refractivity contribution is -0.140. The number of rotatable bonds is 6. The SMILES string of the molecule is C#CC(C)(CO)NC(=O)C(=O)c1c(C)c(C(=O)Nc2ccc(F)c(C(F)(F)F)c2)n(C)c1C. The number of hydrogen-bond donors (Lipinski definition) is 3. The number of anilines is 1. The predicted molar refractivity (Wildman–Crippen MR) is 111 cm³/mol. The normalized spacial score (nSPS) is 13.1. The monoisotopic (exact) mass is 467 g/mol. The fraction of sp³-hybridized carbons (Fsp3) is 0.318. The van der Waals surface area contributed by atoms with E-state index in [0.717, 1.165) is 6.07 Å². The van der Waals surface area contributed by atoms with Crippen LogP contribution in [0, 0.1) is 32.0 Å². The van der Waals surface area contributed by atoms with E-state index in [1.807, 2.05) is 0 Å². The number of amides is 2. The second-order valence-corrected chi connectivity index (χ2v) is 7.56. The molecule has 2 amide bonds. The lowest BCUT2D eigenvalue weighted by atomic mass is 10.0. The van der Waals surface area contributed by atoms with E-state index in [2.05, 4.69) is 16.6 Å². The first kappa shape index (κ1) is 25.6. The molecule has 7 nitrogen and oxygen atoms in total. The van der Waals surface area contributed by atoms with Gasteiger partial charge in [0, 0.05) is 18.4 Å². The maximum atomic E-state index is 13.5. The van der Waals surface area contributed by atoms with Gasteiger partial charge in [-0.25, -0.2) is 4.39 Å². The number of Topliss-reactive ketones (excluding diaryl/α,β-unsaturated/α-hetero) is 1. The van der Waals surface area contributed by atoms with Crippen LogP contribution >= 0.6 is 0 Å². The molecule has 0 aliphatic rings. The number of aliphatic hydroxyl groups is 1. The average molecular weight is 467 g/mol. The summed E-state index contributed by atoms with van der Waals surface area (Å²) < 4.78 is 53.6. The third-order valence-corrected chi connectivity index (χ3v) is 5.13. The fourth-order valence-corrected chi connectivity index (χ4v) is 3.19. The Morgan fingerprint density at radius 1 is 1.21 bits per heavy atom. The molecular weight excluding hydrogens is 446 g/mol. The van der Waals surface area contributed by atoms with Gasteiger partial charge in [-0.1, -0.05) is 5.92 Å². The van der Waals surface area contributed by atoms with Gasteiger partial charge in [0.25, 0.3) is 17.6 Å². The third-order valence-electron chi connectivity index (χ3n) is 5.13. The van der Waals surface area contributed by atoms with E-state index >= 15 is 0 Å². The van der Waals surface area contributed by atoms with E-state index in [0.29, 0.717) is 12.1 Å². The molecule has 0 bridgehead atoms. The molecule has 1 aromatic heterocycles. The molecule has 1 aromatic carbocycles. The predicted octanol–water partition coefficient (Wildman–Crippen LogP) is 2.74. The van der Waals surface area contributed by atoms with E-state index < -0.39 is 47.3 Å². The molecule has 11 heteroatoms. The number of aliphatic hydroxyl groups excluding tert-OH is 1. The number of hydrogen-bond acceptors (Lipinski definition) is 4. The summed E-state index contributed by atoms with van der Waals surface area (Å²) in [5.41, 5.74) is -3.21. The number of aromatic nitrogens is 1. The fourth-order valence-electron chi connectivity index (χ4n) is 3.19. The molecule has 0 aliphatic heterocycles. The molecule has 2 aromatic rings. The van der Waals surface area contributed by atoms with E-state index in [1.54, 1.807) is 0 Å². The van der Waals surface area contributed by atoms with Gasteiger partial charge >= 0.3 is 6.18 Å². The van der Waals surface area contributed by atoms with Crippen molar-refractivity contribution in [1.29, 1.82) is 0 Å². The van der Waals surface area contributed by atoms with Crippen molar-refractivity contribution in [2.75, 3.05) is 11.9 Å². The standard InChI is InChI=1S/C22H21F4N3O4/c1-6-21(4,10-30)28-20(33)18(31)16-11(2)17(29(5)12(16)3)19(32)27-13-7-8-15(23)14(9-13)22(24,25)26/h1,7-9,30H,10H2,2-5H3,(H,27,32)(H,28,33). The molecule has 0 aliphatic carbocycles. The van der Waals surface area contributed by atoms with Crippen molar-refractivity contribution < 1.29 is 37.1 Å². The Morgan fingerprint density at radius 2 is 1.82 bits per heavy atom. The highest BCUT2D eigenvalue weighted by atomic mass is 19.4. The van der Waals surface area contributed by atoms with Crippen LogP contribution in [0.3, 0.4) is 0 Å². The molecular formula is C22H21F4N3O4. The summed E-state index contributed by atoms with van der Waals surface area (Å²) in [6.07, 6.45) is 0.304. The Morgan fingerprint density at radius 3 is 2.33 bits per heavy atom. The van der Waals surface area contributed by atoms with E-state index in [1.165, 1.54) is 32.4 Å². The Kier molecular flexibility index (Phi) is 7.04. The van der Waals surface area contributed by atoms with Gasteiger partial charge < -0.3 is 20.3 Å². The van der Waals surface area contributed by atoms with Crippen molar-refractivity contribution >= 4 is 23.3 Å². The Labute approximate surface area is 186 Å². The summed E-state index contributed by atoms with van der Waals surface area (Å²) >= 11 is 0. The summed E-state index contributed by atoms with van der Waals surface area (Å²) in [4.78, 5) is 38.0. The second kappa shape index (κ2) is 9.07. The minimum Gasteiger partial charge on any atom is -0.393 e. The molecule has 3 N–H and O–H groups in total. The quantitative estimate of drug-likeness (QED) is 0.263. The maximum absolute atomic E-state index is 13.5. The lowest BCUT2D eigenvalue weighted by Gasteiger charge is -2.21. The molecule has 1 heterocycles. The van der Waals surface area contributed by atoms with Crippen LogP contribution in [0.2, 0.25) is 0 Å². The molecule has 0 saturated heterocycles. The zero-order valence-electron chi connectivity index (χ0n) is 18.1. The minimum absolute atomic E-state index is 0.0941. The van der Waals surface area contributed by atoms with Gasteiger partial charge in [-0.15, -0.1) is 6.42 Å². The zero-order valence-corrected chi connectivity index (χ0v) is 18.1. The number of carbonyl (C=O) groups excluding carboxylic acids is 3. The van der Waals surface area contributed by atoms with Crippen LogP contribution in [-0.4, -0.2) is 39.4 Å². The first-order valence-electron chi connectivity index (χ1n) is 9.46. The summed E-state index contributed by atoms with van der Waals surface area (Å²) in [7, 11) is 1.43. The number of nitrogens with zero attached hydrogens (tertiary/aromatic N) is 1. The third kappa shape index (κ3) is 5.06. The van der Waals surface area contributed by atoms with Gasteiger partial charge in [0.2, 0.25) is 0 Å². The number of halogens is 4. The van der Waals surface area contributed by atoms with Crippen LogP contribution in [-0.2, 0) is 18.0 Å². The Balaban J connectivity index is 2.40. The Bertz CT molecular complexity index is 1180. The number of alkyl halides is 3.